The van der Waals surface area contributed by atoms with Crippen LogP contribution in [0.15, 0.2) is 18.2 Å². The van der Waals surface area contributed by atoms with Gasteiger partial charge >= 0.3 is 6.03 Å². The summed E-state index contributed by atoms with van der Waals surface area (Å²) in [5.41, 5.74) is 4.73. The van der Waals surface area contributed by atoms with Crippen LogP contribution in [0.3, 0.4) is 0 Å². The molecule has 1 aromatic carbocycles. The number of amides is 2. The molecule has 1 aliphatic heterocycles. The molecule has 6 heteroatoms. The summed E-state index contributed by atoms with van der Waals surface area (Å²) in [6.45, 7) is 9.71. The minimum Gasteiger partial charge on any atom is -0.390 e. The number of nitrogens with zero attached hydrogens (tertiary/aromatic N) is 2. The Morgan fingerprint density at radius 3 is 2.79 bits per heavy atom. The average Bonchev–Trinajstić information content (AvgIpc) is 3.09. The number of fused-ring (bicyclic) bond motifs is 2. The molecule has 1 saturated heterocycles. The lowest BCUT2D eigenvalue weighted by molar-refractivity contribution is 0.0975. The van der Waals surface area contributed by atoms with Crippen LogP contribution in [-0.2, 0) is 13.0 Å². The van der Waals surface area contributed by atoms with Gasteiger partial charge in [0.25, 0.3) is 0 Å². The fourth-order valence-corrected chi connectivity index (χ4v) is 5.52. The van der Waals surface area contributed by atoms with Gasteiger partial charge in [-0.15, -0.1) is 0 Å². The number of piperidine rings is 1. The summed E-state index contributed by atoms with van der Waals surface area (Å²) < 4.78 is 0. The van der Waals surface area contributed by atoms with Crippen molar-refractivity contribution in [2.45, 2.75) is 64.6 Å². The highest BCUT2D eigenvalue weighted by Crippen LogP contribution is 2.44. The number of carbonyl (C=O) groups excluding carboxylic acids is 1. The van der Waals surface area contributed by atoms with Crippen molar-refractivity contribution in [1.29, 1.82) is 0 Å². The number of aliphatic hydroxyl groups is 1. The van der Waals surface area contributed by atoms with E-state index in [0.29, 0.717) is 12.0 Å². The third-order valence-electron chi connectivity index (χ3n) is 6.84. The number of aromatic amines is 1. The van der Waals surface area contributed by atoms with Crippen LogP contribution in [-0.4, -0.2) is 64.2 Å². The highest BCUT2D eigenvalue weighted by atomic mass is 16.3. The van der Waals surface area contributed by atoms with E-state index in [9.17, 15) is 9.90 Å². The van der Waals surface area contributed by atoms with E-state index in [-0.39, 0.29) is 18.7 Å². The molecule has 2 heterocycles. The summed E-state index contributed by atoms with van der Waals surface area (Å²) in [7, 11) is 0. The Kier molecular flexibility index (Phi) is 5.83. The van der Waals surface area contributed by atoms with Gasteiger partial charge in [0.05, 0.1) is 6.61 Å². The van der Waals surface area contributed by atoms with Crippen molar-refractivity contribution >= 4 is 16.9 Å². The van der Waals surface area contributed by atoms with Gasteiger partial charge in [-0.3, -0.25) is 4.90 Å². The molecule has 2 aromatic rings. The van der Waals surface area contributed by atoms with E-state index in [1.807, 2.05) is 18.7 Å². The van der Waals surface area contributed by atoms with Crippen LogP contribution in [0.4, 0.5) is 4.79 Å². The Labute approximate surface area is 173 Å². The molecule has 0 unspecified atom stereocenters. The summed E-state index contributed by atoms with van der Waals surface area (Å²) in [5, 5.41) is 14.5. The fourth-order valence-electron chi connectivity index (χ4n) is 5.52. The van der Waals surface area contributed by atoms with E-state index in [1.54, 1.807) is 0 Å². The van der Waals surface area contributed by atoms with Crippen LogP contribution < -0.4 is 5.32 Å². The largest absolute Gasteiger partial charge is 0.390 e. The van der Waals surface area contributed by atoms with Crippen molar-refractivity contribution in [2.75, 3.05) is 26.2 Å². The van der Waals surface area contributed by atoms with E-state index >= 15 is 0 Å². The van der Waals surface area contributed by atoms with Gasteiger partial charge < -0.3 is 20.3 Å². The number of likely N-dealkylation sites (tertiary alicyclic amines) is 1. The van der Waals surface area contributed by atoms with Crippen LogP contribution >= 0.6 is 0 Å². The summed E-state index contributed by atoms with van der Waals surface area (Å²) in [6.07, 6.45) is 3.03. The fraction of sp³-hybridized carbons (Fsp3) is 0.609. The van der Waals surface area contributed by atoms with Crippen molar-refractivity contribution in [2.24, 2.45) is 0 Å². The van der Waals surface area contributed by atoms with E-state index in [4.69, 9.17) is 0 Å². The van der Waals surface area contributed by atoms with Gasteiger partial charge in [-0.25, -0.2) is 4.79 Å². The second kappa shape index (κ2) is 8.36. The van der Waals surface area contributed by atoms with E-state index < -0.39 is 0 Å². The lowest BCUT2D eigenvalue weighted by atomic mass is 9.73. The summed E-state index contributed by atoms with van der Waals surface area (Å²) in [4.78, 5) is 20.5. The average molecular weight is 399 g/mol. The first-order valence-corrected chi connectivity index (χ1v) is 11.1. The Morgan fingerprint density at radius 1 is 1.31 bits per heavy atom. The Hall–Kier alpha value is -2.05. The normalized spacial score (nSPS) is 23.8. The third kappa shape index (κ3) is 3.53. The van der Waals surface area contributed by atoms with Crippen LogP contribution in [0.1, 0.15) is 56.4 Å². The van der Waals surface area contributed by atoms with Crippen molar-refractivity contribution < 1.29 is 9.90 Å². The number of urea groups is 1. The minimum absolute atomic E-state index is 0.0498. The molecule has 0 saturated carbocycles. The Morgan fingerprint density at radius 2 is 2.10 bits per heavy atom. The number of hydrogen-bond donors (Lipinski definition) is 3. The number of benzene rings is 1. The molecular weight excluding hydrogens is 364 g/mol. The van der Waals surface area contributed by atoms with E-state index in [1.165, 1.54) is 16.5 Å². The minimum atomic E-state index is 0.0498. The molecule has 1 fully saturated rings. The topological polar surface area (TPSA) is 71.6 Å². The quantitative estimate of drug-likeness (QED) is 0.700. The van der Waals surface area contributed by atoms with Crippen molar-refractivity contribution in [3.63, 3.8) is 0 Å². The molecule has 3 N–H and O–H groups in total. The second-order valence-corrected chi connectivity index (χ2v) is 8.44. The lowest BCUT2D eigenvalue weighted by Crippen LogP contribution is -2.58. The molecule has 2 aliphatic rings. The number of carbonyl (C=O) groups is 1. The number of nitrogens with one attached hydrogen (secondary N) is 2. The molecule has 0 spiro atoms. The standard InChI is InChI=1S/C23H34N4O2/c1-4-10-27-13-15(24-23(29)26(5-2)6-3)11-17-16-8-7-9-19-22(16)18(12-21(17)27)20(14-28)25-19/h7-9,15,17,21,25,28H,4-6,10-14H2,1-3H3,(H,24,29)/t15-,17+,21+/m0/s1. The molecule has 0 radical (unpaired) electrons. The van der Waals surface area contributed by atoms with Gasteiger partial charge in [0.15, 0.2) is 0 Å². The monoisotopic (exact) mass is 398 g/mol. The van der Waals surface area contributed by atoms with E-state index in [2.05, 4.69) is 40.3 Å². The molecule has 29 heavy (non-hydrogen) atoms. The molecular formula is C23H34N4O2. The van der Waals surface area contributed by atoms with Gasteiger partial charge in [-0.05, 0) is 56.8 Å². The first kappa shape index (κ1) is 20.2. The van der Waals surface area contributed by atoms with Crippen molar-refractivity contribution in [3.05, 3.63) is 35.0 Å². The number of hydrogen-bond acceptors (Lipinski definition) is 3. The Bertz CT molecular complexity index is 873. The zero-order valence-electron chi connectivity index (χ0n) is 17.9. The number of aliphatic hydroxyl groups excluding tert-OH is 1. The summed E-state index contributed by atoms with van der Waals surface area (Å²) in [5.74, 6) is 0.399. The van der Waals surface area contributed by atoms with Crippen molar-refractivity contribution in [3.8, 4) is 0 Å². The maximum Gasteiger partial charge on any atom is 0.317 e. The highest BCUT2D eigenvalue weighted by Gasteiger charge is 2.41. The molecule has 2 amide bonds. The second-order valence-electron chi connectivity index (χ2n) is 8.44. The van der Waals surface area contributed by atoms with Crippen molar-refractivity contribution in [1.82, 2.24) is 20.1 Å². The van der Waals surface area contributed by atoms with Crippen LogP contribution in [0.25, 0.3) is 10.9 Å². The van der Waals surface area contributed by atoms with Gasteiger partial charge in [0.1, 0.15) is 0 Å². The smallest absolute Gasteiger partial charge is 0.317 e. The summed E-state index contributed by atoms with van der Waals surface area (Å²) >= 11 is 0. The zero-order chi connectivity index (χ0) is 20.5. The van der Waals surface area contributed by atoms with Gasteiger partial charge in [0, 0.05) is 54.2 Å². The van der Waals surface area contributed by atoms with Gasteiger partial charge in [-0.1, -0.05) is 19.1 Å². The van der Waals surface area contributed by atoms with Crippen LogP contribution in [0.2, 0.25) is 0 Å². The molecule has 158 valence electrons. The molecule has 6 nitrogen and oxygen atoms in total. The van der Waals surface area contributed by atoms with Crippen LogP contribution in [0, 0.1) is 0 Å². The number of H-pyrrole nitrogens is 1. The Balaban J connectivity index is 1.67. The van der Waals surface area contributed by atoms with E-state index in [0.717, 1.165) is 56.7 Å². The third-order valence-corrected chi connectivity index (χ3v) is 6.84. The first-order chi connectivity index (χ1) is 14.1. The SMILES string of the molecule is CCCN1C[C@@H](NC(=O)N(CC)CC)C[C@@H]2c3cccc4[nH]c(CO)c(c34)C[C@H]21. The number of aromatic nitrogens is 1. The molecule has 4 rings (SSSR count). The summed E-state index contributed by atoms with van der Waals surface area (Å²) in [6, 6.07) is 7.10. The number of rotatable bonds is 6. The predicted molar refractivity (Wildman–Crippen MR) is 116 cm³/mol. The predicted octanol–water partition coefficient (Wildman–Crippen LogP) is 3.20. The zero-order valence-corrected chi connectivity index (χ0v) is 17.9. The molecule has 1 aromatic heterocycles. The lowest BCUT2D eigenvalue weighted by Gasteiger charge is -2.47. The highest BCUT2D eigenvalue weighted by molar-refractivity contribution is 5.89. The molecule has 3 atom stereocenters. The van der Waals surface area contributed by atoms with Gasteiger partial charge in [0.2, 0.25) is 0 Å². The van der Waals surface area contributed by atoms with Gasteiger partial charge in [-0.2, -0.15) is 0 Å². The first-order valence-electron chi connectivity index (χ1n) is 11.1. The molecule has 0 bridgehead atoms. The maximum atomic E-state index is 12.7. The maximum absolute atomic E-state index is 12.7. The van der Waals surface area contributed by atoms with Crippen LogP contribution in [0.5, 0.6) is 0 Å². The molecule has 1 aliphatic carbocycles.